The number of nitriles is 1. The SMILES string of the molecule is CNC(=O)[C@@H]1[C@@H]([C@]2(C)C=CC=CC2)C2(c3ccc(C#N)cc3)Oc3cc(Cl)cnc3[C@]2(O)[C@@H]1O. The fourth-order valence-electron chi connectivity index (χ4n) is 6.13. The van der Waals surface area contributed by atoms with Gasteiger partial charge in [0.1, 0.15) is 17.5 Å². The highest BCUT2D eigenvalue weighted by atomic mass is 35.5. The molecule has 1 unspecified atom stereocenters. The van der Waals surface area contributed by atoms with Gasteiger partial charge in [-0.2, -0.15) is 5.26 Å². The summed E-state index contributed by atoms with van der Waals surface area (Å²) < 4.78 is 6.61. The standard InChI is InChI=1S/C26H24ClN3O4/c1-24(10-4-3-5-11-24)20-19(23(32)29-2)22(31)25(33)21-18(12-17(27)14-30-21)34-26(20,25)16-8-6-15(13-28)7-9-16/h3-10,12,14,19-20,22,31,33H,11H2,1-2H3,(H,29,32)/t19-,20+,22-,24-,25+,26?/m1/s1. The van der Waals surface area contributed by atoms with Crippen molar-refractivity contribution in [3.8, 4) is 11.8 Å². The molecule has 6 atom stereocenters. The molecular weight excluding hydrogens is 454 g/mol. The van der Waals surface area contributed by atoms with Crippen LogP contribution in [0.2, 0.25) is 5.02 Å². The summed E-state index contributed by atoms with van der Waals surface area (Å²) in [5, 5.41) is 36.5. The van der Waals surface area contributed by atoms with Gasteiger partial charge in [-0.25, -0.2) is 0 Å². The minimum Gasteiger partial charge on any atom is -0.477 e. The van der Waals surface area contributed by atoms with Crippen LogP contribution >= 0.6 is 11.6 Å². The van der Waals surface area contributed by atoms with Crippen LogP contribution in [0.3, 0.4) is 0 Å². The number of nitrogens with one attached hydrogen (secondary N) is 1. The first kappa shape index (κ1) is 22.6. The van der Waals surface area contributed by atoms with Gasteiger partial charge in [-0.15, -0.1) is 0 Å². The van der Waals surface area contributed by atoms with Crippen LogP contribution < -0.4 is 10.1 Å². The zero-order valence-electron chi connectivity index (χ0n) is 18.7. The molecule has 1 fully saturated rings. The second kappa shape index (κ2) is 7.67. The van der Waals surface area contributed by atoms with Crippen molar-refractivity contribution in [1.29, 1.82) is 5.26 Å². The Morgan fingerprint density at radius 1 is 1.32 bits per heavy atom. The molecule has 1 aromatic carbocycles. The fourth-order valence-corrected chi connectivity index (χ4v) is 6.28. The number of carbonyl (C=O) groups is 1. The summed E-state index contributed by atoms with van der Waals surface area (Å²) in [6.45, 7) is 1.99. The molecule has 8 heteroatoms. The Morgan fingerprint density at radius 2 is 2.06 bits per heavy atom. The molecule has 1 aromatic heterocycles. The lowest BCUT2D eigenvalue weighted by molar-refractivity contribution is -0.166. The molecule has 2 aliphatic carbocycles. The number of pyridine rings is 1. The molecule has 174 valence electrons. The van der Waals surface area contributed by atoms with E-state index in [4.69, 9.17) is 16.3 Å². The van der Waals surface area contributed by atoms with Gasteiger partial charge in [-0.3, -0.25) is 9.78 Å². The van der Waals surface area contributed by atoms with E-state index in [9.17, 15) is 20.3 Å². The van der Waals surface area contributed by atoms with Gasteiger partial charge < -0.3 is 20.3 Å². The molecule has 34 heavy (non-hydrogen) atoms. The highest BCUT2D eigenvalue weighted by molar-refractivity contribution is 6.30. The van der Waals surface area contributed by atoms with Gasteiger partial charge in [0.2, 0.25) is 5.91 Å². The van der Waals surface area contributed by atoms with Gasteiger partial charge in [0.05, 0.1) is 22.6 Å². The predicted molar refractivity (Wildman–Crippen MR) is 125 cm³/mol. The first-order valence-corrected chi connectivity index (χ1v) is 11.4. The van der Waals surface area contributed by atoms with E-state index < -0.39 is 40.5 Å². The summed E-state index contributed by atoms with van der Waals surface area (Å²) >= 11 is 6.20. The van der Waals surface area contributed by atoms with E-state index in [0.29, 0.717) is 22.6 Å². The third-order valence-electron chi connectivity index (χ3n) is 7.57. The number of nitrogens with zero attached hydrogens (tertiary/aromatic N) is 2. The molecule has 3 N–H and O–H groups in total. The lowest BCUT2D eigenvalue weighted by Gasteiger charge is -2.47. The Bertz CT molecular complexity index is 1270. The number of aliphatic hydroxyl groups is 2. The topological polar surface area (TPSA) is 115 Å². The molecule has 1 aliphatic heterocycles. The monoisotopic (exact) mass is 477 g/mol. The van der Waals surface area contributed by atoms with Crippen molar-refractivity contribution >= 4 is 17.5 Å². The van der Waals surface area contributed by atoms with Crippen molar-refractivity contribution in [2.75, 3.05) is 7.05 Å². The van der Waals surface area contributed by atoms with Crippen LogP contribution in [0.5, 0.6) is 5.75 Å². The number of aliphatic hydroxyl groups excluding tert-OH is 1. The number of benzene rings is 1. The van der Waals surface area contributed by atoms with Crippen LogP contribution in [-0.2, 0) is 16.0 Å². The Hall–Kier alpha value is -3.18. The largest absolute Gasteiger partial charge is 0.477 e. The van der Waals surface area contributed by atoms with E-state index >= 15 is 0 Å². The van der Waals surface area contributed by atoms with Crippen LogP contribution in [0.4, 0.5) is 0 Å². The third-order valence-corrected chi connectivity index (χ3v) is 7.77. The van der Waals surface area contributed by atoms with Crippen molar-refractivity contribution < 1.29 is 19.7 Å². The van der Waals surface area contributed by atoms with Gasteiger partial charge in [-0.1, -0.05) is 55.0 Å². The number of allylic oxidation sites excluding steroid dienone is 4. The highest BCUT2D eigenvalue weighted by Crippen LogP contribution is 2.69. The van der Waals surface area contributed by atoms with E-state index in [0.717, 1.165) is 0 Å². The molecule has 1 amide bonds. The first-order chi connectivity index (χ1) is 16.2. The molecule has 1 saturated carbocycles. The molecular formula is C26H24ClN3O4. The number of halogens is 1. The summed E-state index contributed by atoms with van der Waals surface area (Å²) in [7, 11) is 1.50. The highest BCUT2D eigenvalue weighted by Gasteiger charge is 2.79. The number of hydrogen-bond acceptors (Lipinski definition) is 6. The Balaban J connectivity index is 1.85. The zero-order valence-corrected chi connectivity index (χ0v) is 19.5. The van der Waals surface area contributed by atoms with E-state index in [1.54, 1.807) is 30.3 Å². The molecule has 3 aliphatic rings. The van der Waals surface area contributed by atoms with Crippen LogP contribution in [0, 0.1) is 28.6 Å². The fraction of sp³-hybridized carbons (Fsp3) is 0.346. The molecule has 0 radical (unpaired) electrons. The molecule has 5 rings (SSSR count). The summed E-state index contributed by atoms with van der Waals surface area (Å²) in [6, 6.07) is 10.3. The van der Waals surface area contributed by atoms with Gasteiger partial charge in [0.25, 0.3) is 0 Å². The Morgan fingerprint density at radius 3 is 2.68 bits per heavy atom. The third kappa shape index (κ3) is 2.76. The van der Waals surface area contributed by atoms with E-state index in [1.807, 2.05) is 31.2 Å². The van der Waals surface area contributed by atoms with Gasteiger partial charge in [-0.05, 0) is 29.5 Å². The van der Waals surface area contributed by atoms with Crippen LogP contribution in [-0.4, -0.2) is 34.3 Å². The number of carbonyl (C=O) groups excluding carboxylic acids is 1. The van der Waals surface area contributed by atoms with Crippen molar-refractivity contribution in [1.82, 2.24) is 10.3 Å². The van der Waals surface area contributed by atoms with Crippen LogP contribution in [0.1, 0.15) is 30.2 Å². The lowest BCUT2D eigenvalue weighted by Crippen LogP contribution is -2.55. The van der Waals surface area contributed by atoms with Crippen LogP contribution in [0.15, 0.2) is 60.8 Å². The van der Waals surface area contributed by atoms with Crippen LogP contribution in [0.25, 0.3) is 0 Å². The minimum atomic E-state index is -2.05. The Kier molecular flexibility index (Phi) is 5.10. The number of ether oxygens (including phenoxy) is 1. The summed E-state index contributed by atoms with van der Waals surface area (Å²) in [5.74, 6) is -1.88. The van der Waals surface area contributed by atoms with E-state index in [2.05, 4.69) is 16.4 Å². The van der Waals surface area contributed by atoms with Crippen molar-refractivity contribution in [2.24, 2.45) is 17.3 Å². The first-order valence-electron chi connectivity index (χ1n) is 11.0. The quantitative estimate of drug-likeness (QED) is 0.626. The number of aromatic nitrogens is 1. The van der Waals surface area contributed by atoms with Gasteiger partial charge >= 0.3 is 0 Å². The van der Waals surface area contributed by atoms with E-state index in [-0.39, 0.29) is 11.4 Å². The summed E-state index contributed by atoms with van der Waals surface area (Å²) in [6.07, 6.45) is 8.23. The van der Waals surface area contributed by atoms with E-state index in [1.165, 1.54) is 13.2 Å². The smallest absolute Gasteiger partial charge is 0.226 e. The average molecular weight is 478 g/mol. The average Bonchev–Trinajstić information content (AvgIpc) is 3.21. The number of rotatable bonds is 3. The maximum Gasteiger partial charge on any atom is 0.226 e. The molecule has 0 spiro atoms. The van der Waals surface area contributed by atoms with Gasteiger partial charge in [0, 0.05) is 25.2 Å². The van der Waals surface area contributed by atoms with Crippen molar-refractivity contribution in [2.45, 2.75) is 30.7 Å². The number of fused-ring (bicyclic) bond motifs is 3. The summed E-state index contributed by atoms with van der Waals surface area (Å²) in [5.41, 5.74) is -3.21. The Labute approximate surface area is 202 Å². The minimum absolute atomic E-state index is 0.129. The lowest BCUT2D eigenvalue weighted by atomic mass is 9.60. The maximum atomic E-state index is 13.3. The molecule has 0 saturated heterocycles. The summed E-state index contributed by atoms with van der Waals surface area (Å²) in [4.78, 5) is 17.6. The van der Waals surface area contributed by atoms with Gasteiger partial charge in [0.15, 0.2) is 11.2 Å². The molecule has 2 aromatic rings. The molecule has 7 nitrogen and oxygen atoms in total. The van der Waals surface area contributed by atoms with Crippen molar-refractivity contribution in [3.63, 3.8) is 0 Å². The predicted octanol–water partition coefficient (Wildman–Crippen LogP) is 2.96. The molecule has 0 bridgehead atoms. The second-order valence-corrected chi connectivity index (χ2v) is 9.79. The maximum absolute atomic E-state index is 13.3. The van der Waals surface area contributed by atoms with Crippen molar-refractivity contribution in [3.05, 3.63) is 82.7 Å². The normalized spacial score (nSPS) is 35.2. The number of amides is 1. The molecule has 2 heterocycles. The second-order valence-electron chi connectivity index (χ2n) is 9.35. The number of hydrogen-bond donors (Lipinski definition) is 3. The zero-order chi connectivity index (χ0) is 24.3.